The van der Waals surface area contributed by atoms with E-state index in [0.717, 1.165) is 50.3 Å². The second kappa shape index (κ2) is 9.19. The first-order valence-electron chi connectivity index (χ1n) is 13.9. The maximum atomic E-state index is 11.2. The summed E-state index contributed by atoms with van der Waals surface area (Å²) in [6.45, 7) is 13.0. The first-order chi connectivity index (χ1) is 15.8. The van der Waals surface area contributed by atoms with Crippen LogP contribution in [0.4, 0.5) is 0 Å². The number of hydrogen-bond donors (Lipinski definition) is 2. The fourth-order valence-electron chi connectivity index (χ4n) is 9.82. The number of aliphatic imine (C=N–C) groups is 1. The number of hydrogen-bond acceptors (Lipinski definition) is 5. The molecule has 10 atom stereocenters. The van der Waals surface area contributed by atoms with Crippen LogP contribution in [0.25, 0.3) is 0 Å². The molecule has 4 saturated carbocycles. The van der Waals surface area contributed by atoms with Gasteiger partial charge in [0.2, 0.25) is 0 Å². The quantitative estimate of drug-likeness (QED) is 0.619. The van der Waals surface area contributed by atoms with Gasteiger partial charge in [0.25, 0.3) is 0 Å². The van der Waals surface area contributed by atoms with Gasteiger partial charge in [0, 0.05) is 30.8 Å². The molecule has 0 spiro atoms. The molecular weight excluding hydrogens is 412 g/mol. The van der Waals surface area contributed by atoms with Gasteiger partial charge in [-0.1, -0.05) is 13.8 Å². The summed E-state index contributed by atoms with van der Waals surface area (Å²) in [5, 5.41) is 20.5. The first kappa shape index (κ1) is 24.2. The van der Waals surface area contributed by atoms with Crippen LogP contribution in [0.5, 0.6) is 0 Å². The Labute approximate surface area is 201 Å². The highest BCUT2D eigenvalue weighted by Gasteiger charge is 2.61. The smallest absolute Gasteiger partial charge is 0.0698 e. The van der Waals surface area contributed by atoms with E-state index in [1.807, 2.05) is 0 Å². The van der Waals surface area contributed by atoms with Crippen LogP contribution >= 0.6 is 0 Å². The molecule has 0 unspecified atom stereocenters. The molecule has 1 saturated heterocycles. The van der Waals surface area contributed by atoms with Crippen molar-refractivity contribution < 1.29 is 14.9 Å². The van der Waals surface area contributed by atoms with Crippen molar-refractivity contribution >= 4 is 5.71 Å². The zero-order chi connectivity index (χ0) is 23.4. The van der Waals surface area contributed by atoms with E-state index in [2.05, 4.69) is 32.6 Å². The van der Waals surface area contributed by atoms with E-state index in [9.17, 15) is 10.2 Å². The predicted molar refractivity (Wildman–Crippen MR) is 132 cm³/mol. The summed E-state index contributed by atoms with van der Waals surface area (Å²) >= 11 is 0. The van der Waals surface area contributed by atoms with E-state index in [4.69, 9.17) is 9.73 Å². The van der Waals surface area contributed by atoms with Crippen molar-refractivity contribution in [2.24, 2.45) is 45.4 Å². The molecule has 5 aliphatic rings. The van der Waals surface area contributed by atoms with Crippen molar-refractivity contribution in [1.82, 2.24) is 4.90 Å². The highest BCUT2D eigenvalue weighted by atomic mass is 16.5. The van der Waals surface area contributed by atoms with Crippen molar-refractivity contribution in [1.29, 1.82) is 0 Å². The van der Waals surface area contributed by atoms with Gasteiger partial charge in [-0.25, -0.2) is 0 Å². The molecule has 0 aromatic carbocycles. The monoisotopic (exact) mass is 460 g/mol. The van der Waals surface area contributed by atoms with Gasteiger partial charge in [-0.05, 0) is 99.7 Å². The van der Waals surface area contributed by atoms with Crippen molar-refractivity contribution in [3.63, 3.8) is 0 Å². The van der Waals surface area contributed by atoms with Crippen LogP contribution in [0.2, 0.25) is 0 Å². The zero-order valence-electron chi connectivity index (χ0n) is 21.5. The van der Waals surface area contributed by atoms with Crippen molar-refractivity contribution in [2.75, 3.05) is 32.8 Å². The fraction of sp³-hybridized carbons (Fsp3) is 0.964. The number of morpholine rings is 1. The normalized spacial score (nSPS) is 51.0. The third kappa shape index (κ3) is 4.03. The van der Waals surface area contributed by atoms with Crippen molar-refractivity contribution in [3.05, 3.63) is 0 Å². The first-order valence-corrected chi connectivity index (χ1v) is 13.9. The Kier molecular flexibility index (Phi) is 6.74. The molecule has 0 radical (unpaired) electrons. The largest absolute Gasteiger partial charge is 0.394 e. The maximum Gasteiger partial charge on any atom is 0.0698 e. The van der Waals surface area contributed by atoms with E-state index >= 15 is 0 Å². The highest BCUT2D eigenvalue weighted by Crippen LogP contribution is 2.67. The number of ether oxygens (including phenoxy) is 1. The Hall–Kier alpha value is -0.490. The Balaban J connectivity index is 1.36. The van der Waals surface area contributed by atoms with Gasteiger partial charge < -0.3 is 14.9 Å². The zero-order valence-corrected chi connectivity index (χ0v) is 21.5. The van der Waals surface area contributed by atoms with Crippen LogP contribution in [0.1, 0.15) is 79.1 Å². The minimum atomic E-state index is -0.181. The van der Waals surface area contributed by atoms with Crippen LogP contribution in [0.3, 0.4) is 0 Å². The lowest BCUT2D eigenvalue weighted by Gasteiger charge is -2.62. The van der Waals surface area contributed by atoms with Crippen molar-refractivity contribution in [2.45, 2.75) is 97.3 Å². The number of aliphatic hydroxyl groups is 2. The van der Waals surface area contributed by atoms with Crippen molar-refractivity contribution in [3.8, 4) is 0 Å². The van der Waals surface area contributed by atoms with E-state index < -0.39 is 0 Å². The molecule has 188 valence electrons. The summed E-state index contributed by atoms with van der Waals surface area (Å²) in [4.78, 5) is 7.30. The summed E-state index contributed by atoms with van der Waals surface area (Å²) in [5.74, 6) is 3.72. The molecular formula is C28H48N2O3. The molecule has 0 aromatic rings. The molecule has 0 aromatic heterocycles. The molecule has 5 nitrogen and oxygen atoms in total. The summed E-state index contributed by atoms with van der Waals surface area (Å²) in [6.07, 6.45) is 10.2. The molecule has 5 fully saturated rings. The Morgan fingerprint density at radius 1 is 1.09 bits per heavy atom. The molecule has 5 heteroatoms. The maximum absolute atomic E-state index is 11.2. The number of nitrogens with zero attached hydrogens (tertiary/aromatic N) is 2. The third-order valence-corrected chi connectivity index (χ3v) is 11.4. The SMILES string of the molecule is CC(=NCCO)[C@H]1CC[C@H]2[C@@H]3CC[C@H]4C[C@H](O)[C@@H](N5CCO[C@H](C)C5)C[C@]4(C)[C@H]3CC[C@]12C. The number of fused-ring (bicyclic) bond motifs is 5. The standard InChI is InChI=1S/C28H48N2O3/c1-18-17-30(12-14-33-18)25-16-28(4)20(15-26(25)32)5-6-21-23-8-7-22(19(2)29-11-13-31)27(23,3)10-9-24(21)28/h18,20-26,31-32H,5-17H2,1-4H3/t18-,20+,21+,22-,23+,24+,25+,26+,27-,28+/m1/s1. The Bertz CT molecular complexity index is 743. The molecule has 0 bridgehead atoms. The summed E-state index contributed by atoms with van der Waals surface area (Å²) in [6, 6.07) is 0.300. The highest BCUT2D eigenvalue weighted by molar-refractivity contribution is 5.85. The van der Waals surface area contributed by atoms with E-state index in [1.165, 1.54) is 44.2 Å². The number of rotatable bonds is 4. The second-order valence-corrected chi connectivity index (χ2v) is 12.8. The fourth-order valence-corrected chi connectivity index (χ4v) is 9.82. The van der Waals surface area contributed by atoms with Crippen LogP contribution in [0.15, 0.2) is 4.99 Å². The predicted octanol–water partition coefficient (Wildman–Crippen LogP) is 4.16. The average Bonchev–Trinajstić information content (AvgIpc) is 3.15. The van der Waals surface area contributed by atoms with Gasteiger partial charge in [-0.15, -0.1) is 0 Å². The third-order valence-electron chi connectivity index (χ3n) is 11.4. The lowest BCUT2D eigenvalue weighted by Crippen LogP contribution is -2.61. The van der Waals surface area contributed by atoms with Crippen LogP contribution in [-0.4, -0.2) is 71.9 Å². The molecule has 4 aliphatic carbocycles. The molecule has 1 aliphatic heterocycles. The lowest BCUT2D eigenvalue weighted by atomic mass is 9.44. The molecule has 1 heterocycles. The van der Waals surface area contributed by atoms with E-state index in [0.29, 0.717) is 35.3 Å². The van der Waals surface area contributed by atoms with Gasteiger partial charge in [-0.2, -0.15) is 0 Å². The van der Waals surface area contributed by atoms with Gasteiger partial charge in [0.1, 0.15) is 0 Å². The average molecular weight is 461 g/mol. The van der Waals surface area contributed by atoms with Gasteiger partial charge in [0.05, 0.1) is 32.0 Å². The number of aliphatic hydroxyl groups excluding tert-OH is 2. The minimum Gasteiger partial charge on any atom is -0.394 e. The topological polar surface area (TPSA) is 65.3 Å². The second-order valence-electron chi connectivity index (χ2n) is 12.8. The minimum absolute atomic E-state index is 0.156. The van der Waals surface area contributed by atoms with Gasteiger partial charge >= 0.3 is 0 Å². The molecule has 33 heavy (non-hydrogen) atoms. The van der Waals surface area contributed by atoms with Gasteiger partial charge in [0.15, 0.2) is 0 Å². The summed E-state index contributed by atoms with van der Waals surface area (Å²) < 4.78 is 5.82. The summed E-state index contributed by atoms with van der Waals surface area (Å²) in [5.41, 5.74) is 2.02. The summed E-state index contributed by atoms with van der Waals surface area (Å²) in [7, 11) is 0. The molecule has 5 rings (SSSR count). The van der Waals surface area contributed by atoms with Gasteiger partial charge in [-0.3, -0.25) is 9.89 Å². The van der Waals surface area contributed by atoms with Crippen LogP contribution in [0, 0.1) is 40.4 Å². The van der Waals surface area contributed by atoms with E-state index in [-0.39, 0.29) is 18.8 Å². The molecule has 0 amide bonds. The Morgan fingerprint density at radius 3 is 2.64 bits per heavy atom. The van der Waals surface area contributed by atoms with Crippen LogP contribution in [-0.2, 0) is 4.74 Å². The Morgan fingerprint density at radius 2 is 1.88 bits per heavy atom. The lowest BCUT2D eigenvalue weighted by molar-refractivity contribution is -0.156. The van der Waals surface area contributed by atoms with Crippen LogP contribution < -0.4 is 0 Å². The molecule has 2 N–H and O–H groups in total. The van der Waals surface area contributed by atoms with E-state index in [1.54, 1.807) is 0 Å².